The van der Waals surface area contributed by atoms with Crippen molar-refractivity contribution in [2.75, 3.05) is 24.1 Å². The molecule has 0 spiro atoms. The molecule has 2 aromatic carbocycles. The number of amides is 1. The maximum atomic E-state index is 12.2. The van der Waals surface area contributed by atoms with Crippen LogP contribution in [0.4, 0.5) is 11.4 Å². The molecule has 1 aliphatic rings. The lowest BCUT2D eigenvalue weighted by atomic mass is 9.88. The molecule has 1 aliphatic heterocycles. The third-order valence-corrected chi connectivity index (χ3v) is 6.06. The first-order valence-corrected chi connectivity index (χ1v) is 9.90. The molecule has 4 rings (SSSR count). The van der Waals surface area contributed by atoms with Crippen LogP contribution in [0.3, 0.4) is 0 Å². The number of rotatable bonds is 4. The summed E-state index contributed by atoms with van der Waals surface area (Å²) in [4.78, 5) is 12.2. The Hall–Kier alpha value is -2.84. The molecule has 1 amide bonds. The maximum absolute atomic E-state index is 12.2. The molecule has 2 heterocycles. The minimum atomic E-state index is -3.62. The predicted molar refractivity (Wildman–Crippen MR) is 104 cm³/mol. The predicted octanol–water partition coefficient (Wildman–Crippen LogP) is 3.13. The van der Waals surface area contributed by atoms with Gasteiger partial charge in [0.1, 0.15) is 11.3 Å². The molecular weight excluding hydrogens is 366 g/mol. The number of para-hydroxylation sites is 1. The summed E-state index contributed by atoms with van der Waals surface area (Å²) in [6.45, 7) is 0. The summed E-state index contributed by atoms with van der Waals surface area (Å²) < 4.78 is 33.6. The van der Waals surface area contributed by atoms with Gasteiger partial charge in [0.15, 0.2) is 0 Å². The summed E-state index contributed by atoms with van der Waals surface area (Å²) in [5.41, 5.74) is 2.63. The van der Waals surface area contributed by atoms with Crippen molar-refractivity contribution in [2.45, 2.75) is 12.3 Å². The zero-order valence-corrected chi connectivity index (χ0v) is 15.7. The Morgan fingerprint density at radius 2 is 1.93 bits per heavy atom. The van der Waals surface area contributed by atoms with E-state index in [9.17, 15) is 13.2 Å². The summed E-state index contributed by atoms with van der Waals surface area (Å²) >= 11 is 0. The quantitative estimate of drug-likeness (QED) is 0.722. The van der Waals surface area contributed by atoms with E-state index in [0.29, 0.717) is 17.1 Å². The molecule has 0 saturated carbocycles. The molecule has 140 valence electrons. The zero-order valence-electron chi connectivity index (χ0n) is 14.9. The van der Waals surface area contributed by atoms with Crippen molar-refractivity contribution in [2.24, 2.45) is 0 Å². The standard InChI is InChI=1S/C19H19N3O4S/c1-22(2)27(24,25)21-13-7-8-14-15(11-19(23)20-16(14)10-13)18-9-12-5-3-4-6-17(12)26-18/h3-10,15,21H,11H2,1-2H3,(H,20,23)/t15-/m0/s1. The van der Waals surface area contributed by atoms with Crippen molar-refractivity contribution in [3.8, 4) is 0 Å². The van der Waals surface area contributed by atoms with Crippen molar-refractivity contribution >= 4 is 38.5 Å². The van der Waals surface area contributed by atoms with E-state index in [-0.39, 0.29) is 18.2 Å². The van der Waals surface area contributed by atoms with Crippen LogP contribution in [0.2, 0.25) is 0 Å². The van der Waals surface area contributed by atoms with Crippen LogP contribution < -0.4 is 10.0 Å². The van der Waals surface area contributed by atoms with Crippen LogP contribution in [0.15, 0.2) is 52.9 Å². The normalized spacial score (nSPS) is 17.0. The molecule has 3 aromatic rings. The Morgan fingerprint density at radius 3 is 2.67 bits per heavy atom. The van der Waals surface area contributed by atoms with Crippen LogP contribution in [0.25, 0.3) is 11.0 Å². The van der Waals surface area contributed by atoms with Crippen LogP contribution in [0.1, 0.15) is 23.7 Å². The van der Waals surface area contributed by atoms with E-state index >= 15 is 0 Å². The summed E-state index contributed by atoms with van der Waals surface area (Å²) in [6.07, 6.45) is 0.273. The molecule has 2 N–H and O–H groups in total. The number of carbonyl (C=O) groups is 1. The number of nitrogens with zero attached hydrogens (tertiary/aromatic N) is 1. The number of hydrogen-bond donors (Lipinski definition) is 2. The third kappa shape index (κ3) is 3.29. The van der Waals surface area contributed by atoms with Crippen LogP contribution >= 0.6 is 0 Å². The van der Waals surface area contributed by atoms with Crippen LogP contribution in [0.5, 0.6) is 0 Å². The highest BCUT2D eigenvalue weighted by molar-refractivity contribution is 7.90. The van der Waals surface area contributed by atoms with Gasteiger partial charge in [0, 0.05) is 31.6 Å². The van der Waals surface area contributed by atoms with E-state index in [1.807, 2.05) is 36.4 Å². The smallest absolute Gasteiger partial charge is 0.301 e. The van der Waals surface area contributed by atoms with Gasteiger partial charge in [-0.1, -0.05) is 24.3 Å². The lowest BCUT2D eigenvalue weighted by Gasteiger charge is -2.25. The number of carbonyl (C=O) groups excluding carboxylic acids is 1. The summed E-state index contributed by atoms with van der Waals surface area (Å²) in [6, 6.07) is 14.8. The number of anilines is 2. The van der Waals surface area contributed by atoms with Gasteiger partial charge in [-0.05, 0) is 29.8 Å². The molecular formula is C19H19N3O4S. The van der Waals surface area contributed by atoms with E-state index in [4.69, 9.17) is 4.42 Å². The van der Waals surface area contributed by atoms with Gasteiger partial charge in [-0.15, -0.1) is 0 Å². The second kappa shape index (κ2) is 6.40. The fourth-order valence-corrected chi connectivity index (χ4v) is 3.80. The first-order chi connectivity index (χ1) is 12.8. The second-order valence-corrected chi connectivity index (χ2v) is 8.57. The Labute approximate surface area is 157 Å². The van der Waals surface area contributed by atoms with Crippen molar-refractivity contribution in [3.63, 3.8) is 0 Å². The SMILES string of the molecule is CN(C)S(=O)(=O)Nc1ccc2c(c1)NC(=O)C[C@@H]2c1cc2ccccc2o1. The number of fused-ring (bicyclic) bond motifs is 2. The number of furan rings is 1. The molecule has 0 aliphatic carbocycles. The van der Waals surface area contributed by atoms with Gasteiger partial charge >= 0.3 is 10.2 Å². The minimum absolute atomic E-state index is 0.138. The van der Waals surface area contributed by atoms with Gasteiger partial charge in [0.05, 0.1) is 11.6 Å². The Morgan fingerprint density at radius 1 is 1.15 bits per heavy atom. The number of hydrogen-bond acceptors (Lipinski definition) is 4. The van der Waals surface area contributed by atoms with E-state index in [2.05, 4.69) is 10.0 Å². The Kier molecular flexibility index (Phi) is 4.16. The van der Waals surface area contributed by atoms with Crippen molar-refractivity contribution in [3.05, 3.63) is 59.9 Å². The molecule has 0 bridgehead atoms. The second-order valence-electron chi connectivity index (χ2n) is 6.68. The molecule has 1 aromatic heterocycles. The molecule has 7 nitrogen and oxygen atoms in total. The fraction of sp³-hybridized carbons (Fsp3) is 0.211. The van der Waals surface area contributed by atoms with E-state index < -0.39 is 10.2 Å². The van der Waals surface area contributed by atoms with E-state index in [0.717, 1.165) is 20.8 Å². The Bertz CT molecular complexity index is 1100. The molecule has 0 fully saturated rings. The minimum Gasteiger partial charge on any atom is -0.460 e. The number of nitrogens with one attached hydrogen (secondary N) is 2. The average Bonchev–Trinajstić information content (AvgIpc) is 3.04. The van der Waals surface area contributed by atoms with Gasteiger partial charge < -0.3 is 9.73 Å². The highest BCUT2D eigenvalue weighted by Crippen LogP contribution is 2.40. The van der Waals surface area contributed by atoms with Crippen molar-refractivity contribution in [1.82, 2.24) is 4.31 Å². The molecule has 0 radical (unpaired) electrons. The van der Waals surface area contributed by atoms with Gasteiger partial charge in [-0.25, -0.2) is 0 Å². The van der Waals surface area contributed by atoms with Crippen molar-refractivity contribution < 1.29 is 17.6 Å². The third-order valence-electron chi connectivity index (χ3n) is 4.61. The first-order valence-electron chi connectivity index (χ1n) is 8.46. The summed E-state index contributed by atoms with van der Waals surface area (Å²) in [5.74, 6) is 0.357. The van der Waals surface area contributed by atoms with E-state index in [1.54, 1.807) is 12.1 Å². The molecule has 27 heavy (non-hydrogen) atoms. The highest BCUT2D eigenvalue weighted by atomic mass is 32.2. The first kappa shape index (κ1) is 17.6. The van der Waals surface area contributed by atoms with Gasteiger partial charge in [0.25, 0.3) is 0 Å². The van der Waals surface area contributed by atoms with Crippen LogP contribution in [-0.2, 0) is 15.0 Å². The molecule has 0 unspecified atom stereocenters. The molecule has 0 saturated heterocycles. The molecule has 8 heteroatoms. The lowest BCUT2D eigenvalue weighted by Crippen LogP contribution is -2.29. The number of benzene rings is 2. The molecule has 1 atom stereocenters. The average molecular weight is 385 g/mol. The largest absolute Gasteiger partial charge is 0.460 e. The topological polar surface area (TPSA) is 91.7 Å². The fourth-order valence-electron chi connectivity index (χ4n) is 3.20. The van der Waals surface area contributed by atoms with Crippen molar-refractivity contribution in [1.29, 1.82) is 0 Å². The van der Waals surface area contributed by atoms with Gasteiger partial charge in [-0.3, -0.25) is 9.52 Å². The van der Waals surface area contributed by atoms with Gasteiger partial charge in [0.2, 0.25) is 5.91 Å². The maximum Gasteiger partial charge on any atom is 0.301 e. The lowest BCUT2D eigenvalue weighted by molar-refractivity contribution is -0.116. The van der Waals surface area contributed by atoms with E-state index in [1.165, 1.54) is 14.1 Å². The van der Waals surface area contributed by atoms with Crippen LogP contribution in [0, 0.1) is 0 Å². The monoisotopic (exact) mass is 385 g/mol. The van der Waals surface area contributed by atoms with Gasteiger partial charge in [-0.2, -0.15) is 12.7 Å². The Balaban J connectivity index is 1.73. The summed E-state index contributed by atoms with van der Waals surface area (Å²) in [5, 5.41) is 3.80. The zero-order chi connectivity index (χ0) is 19.2. The summed E-state index contributed by atoms with van der Waals surface area (Å²) in [7, 11) is -0.733. The highest BCUT2D eigenvalue weighted by Gasteiger charge is 2.29. The van der Waals surface area contributed by atoms with Crippen LogP contribution in [-0.4, -0.2) is 32.7 Å².